The SMILES string of the molecule is CCCCCc1cc(COCC[Si](C)(C)C)c([C@@H]2C=C(C)CC[C@H]2C(C)(C)O[Si](CC)(CC)CC)c(COCC[Si](C)(C)C)c1. The number of allylic oxidation sites excluding steroid dienone is 2. The Hall–Kier alpha value is -0.509. The fraction of sp³-hybridized carbons (Fsp3) is 0.795. The average Bonchev–Trinajstić information content (AvgIpc) is 2.95. The first-order valence-electron chi connectivity index (χ1n) is 18.7. The van der Waals surface area contributed by atoms with Gasteiger partial charge in [-0.2, -0.15) is 0 Å². The third-order valence-electron chi connectivity index (χ3n) is 10.4. The quantitative estimate of drug-likeness (QED) is 0.0738. The van der Waals surface area contributed by atoms with Crippen LogP contribution in [-0.4, -0.2) is 43.3 Å². The summed E-state index contributed by atoms with van der Waals surface area (Å²) < 4.78 is 20.5. The summed E-state index contributed by atoms with van der Waals surface area (Å²) in [6.07, 6.45) is 9.84. The summed E-state index contributed by atoms with van der Waals surface area (Å²) in [5.74, 6) is 0.729. The molecule has 0 aliphatic heterocycles. The molecular weight excluding hydrogens is 601 g/mol. The van der Waals surface area contributed by atoms with Gasteiger partial charge in [-0.1, -0.05) is 104 Å². The Morgan fingerprint density at radius 1 is 0.778 bits per heavy atom. The minimum absolute atomic E-state index is 0.193. The monoisotopic (exact) mass is 674 g/mol. The van der Waals surface area contributed by atoms with E-state index >= 15 is 0 Å². The molecule has 0 saturated heterocycles. The van der Waals surface area contributed by atoms with Crippen LogP contribution in [0.5, 0.6) is 0 Å². The number of hydrogen-bond donors (Lipinski definition) is 0. The molecule has 0 heterocycles. The van der Waals surface area contributed by atoms with Crippen LogP contribution in [0.4, 0.5) is 0 Å². The molecule has 2 rings (SSSR count). The van der Waals surface area contributed by atoms with E-state index in [1.807, 2.05) is 0 Å². The van der Waals surface area contributed by atoms with E-state index in [-0.39, 0.29) is 5.60 Å². The molecule has 0 saturated carbocycles. The lowest BCUT2D eigenvalue weighted by atomic mass is 9.68. The third-order valence-corrected chi connectivity index (χ3v) is 18.6. The molecule has 0 aromatic heterocycles. The Balaban J connectivity index is 2.65. The zero-order valence-corrected chi connectivity index (χ0v) is 35.2. The van der Waals surface area contributed by atoms with Crippen LogP contribution < -0.4 is 0 Å². The van der Waals surface area contributed by atoms with Gasteiger partial charge < -0.3 is 13.9 Å². The molecule has 0 spiro atoms. The first-order chi connectivity index (χ1) is 21.0. The molecule has 1 aromatic rings. The van der Waals surface area contributed by atoms with Gasteiger partial charge >= 0.3 is 0 Å². The van der Waals surface area contributed by atoms with Crippen molar-refractivity contribution in [3.05, 3.63) is 46.0 Å². The molecular formula is C39H74O3Si3. The van der Waals surface area contributed by atoms with E-state index in [1.165, 1.54) is 83.7 Å². The molecule has 3 nitrogen and oxygen atoms in total. The largest absolute Gasteiger partial charge is 0.412 e. The van der Waals surface area contributed by atoms with Gasteiger partial charge in [0.25, 0.3) is 0 Å². The van der Waals surface area contributed by atoms with Crippen molar-refractivity contribution in [2.45, 2.75) is 181 Å². The number of aryl methyl sites for hydroxylation is 1. The molecule has 1 aromatic carbocycles. The van der Waals surface area contributed by atoms with Gasteiger partial charge in [-0.05, 0) is 105 Å². The summed E-state index contributed by atoms with van der Waals surface area (Å²) in [6.45, 7) is 34.3. The molecule has 1 aliphatic carbocycles. The highest BCUT2D eigenvalue weighted by molar-refractivity contribution is 6.76. The van der Waals surface area contributed by atoms with E-state index in [9.17, 15) is 0 Å². The minimum Gasteiger partial charge on any atom is -0.412 e. The molecule has 0 N–H and O–H groups in total. The van der Waals surface area contributed by atoms with Crippen LogP contribution in [0.1, 0.15) is 109 Å². The second kappa shape index (κ2) is 18.3. The van der Waals surface area contributed by atoms with Crippen LogP contribution in [0.25, 0.3) is 0 Å². The van der Waals surface area contributed by atoms with Gasteiger partial charge in [-0.25, -0.2) is 0 Å². The van der Waals surface area contributed by atoms with Gasteiger partial charge in [0.1, 0.15) is 0 Å². The Labute approximate surface area is 283 Å². The lowest BCUT2D eigenvalue weighted by Crippen LogP contribution is -2.49. The summed E-state index contributed by atoms with van der Waals surface area (Å²) in [4.78, 5) is 0. The van der Waals surface area contributed by atoms with E-state index in [4.69, 9.17) is 13.9 Å². The van der Waals surface area contributed by atoms with Crippen molar-refractivity contribution in [1.29, 1.82) is 0 Å². The normalized spacial score (nSPS) is 18.4. The van der Waals surface area contributed by atoms with Gasteiger partial charge in [0.2, 0.25) is 0 Å². The van der Waals surface area contributed by atoms with Crippen molar-refractivity contribution < 1.29 is 13.9 Å². The summed E-state index contributed by atoms with van der Waals surface area (Å²) >= 11 is 0. The van der Waals surface area contributed by atoms with Crippen molar-refractivity contribution in [3.63, 3.8) is 0 Å². The fourth-order valence-corrected chi connectivity index (χ4v) is 11.8. The Kier molecular flexibility index (Phi) is 16.5. The summed E-state index contributed by atoms with van der Waals surface area (Å²) in [7, 11) is -4.12. The Morgan fingerprint density at radius 3 is 1.73 bits per heavy atom. The van der Waals surface area contributed by atoms with Crippen molar-refractivity contribution >= 4 is 24.5 Å². The molecule has 6 heteroatoms. The van der Waals surface area contributed by atoms with Crippen LogP contribution in [0.3, 0.4) is 0 Å². The number of rotatable bonds is 21. The molecule has 0 unspecified atom stereocenters. The predicted molar refractivity (Wildman–Crippen MR) is 207 cm³/mol. The number of hydrogen-bond acceptors (Lipinski definition) is 3. The summed E-state index contributed by atoms with van der Waals surface area (Å²) in [6, 6.07) is 11.0. The highest BCUT2D eigenvalue weighted by Crippen LogP contribution is 2.47. The molecule has 45 heavy (non-hydrogen) atoms. The van der Waals surface area contributed by atoms with Crippen LogP contribution in [0.2, 0.25) is 69.5 Å². The summed E-state index contributed by atoms with van der Waals surface area (Å²) in [5, 5.41) is 0. The van der Waals surface area contributed by atoms with Crippen LogP contribution in [0, 0.1) is 5.92 Å². The molecule has 0 bridgehead atoms. The predicted octanol–water partition coefficient (Wildman–Crippen LogP) is 12.4. The van der Waals surface area contributed by atoms with Crippen molar-refractivity contribution in [1.82, 2.24) is 0 Å². The van der Waals surface area contributed by atoms with Gasteiger partial charge in [-0.3, -0.25) is 0 Å². The van der Waals surface area contributed by atoms with Crippen molar-refractivity contribution in [2.24, 2.45) is 5.92 Å². The van der Waals surface area contributed by atoms with E-state index in [1.54, 1.807) is 0 Å². The molecule has 1 aliphatic rings. The van der Waals surface area contributed by atoms with Crippen molar-refractivity contribution in [2.75, 3.05) is 13.2 Å². The molecule has 2 atom stereocenters. The standard InChI is InChI=1S/C39H74O3Si3/c1-14-18-19-20-33-28-34(30-40-23-25-43(8,9)10)38(35(29-33)31-41-24-26-44(11,12)13)36-27-32(5)21-22-37(36)39(6,7)42-45(15-2,16-3)17-4/h27-29,36-37H,14-26,30-31H2,1-13H3/t36-,37-/m1/s1. The third kappa shape index (κ3) is 13.5. The van der Waals surface area contributed by atoms with E-state index < -0.39 is 24.5 Å². The lowest BCUT2D eigenvalue weighted by Gasteiger charge is -2.47. The first-order valence-corrected chi connectivity index (χ1v) is 28.6. The Morgan fingerprint density at radius 2 is 1.29 bits per heavy atom. The van der Waals surface area contributed by atoms with Crippen LogP contribution in [-0.2, 0) is 33.5 Å². The second-order valence-corrected chi connectivity index (χ2v) is 33.1. The average molecular weight is 675 g/mol. The maximum absolute atomic E-state index is 7.40. The molecule has 260 valence electrons. The number of unbranched alkanes of at least 4 members (excludes halogenated alkanes) is 2. The molecule has 0 fully saturated rings. The van der Waals surface area contributed by atoms with Gasteiger partial charge in [0.05, 0.1) is 18.8 Å². The van der Waals surface area contributed by atoms with E-state index in [2.05, 4.69) is 106 Å². The number of benzene rings is 1. The smallest absolute Gasteiger partial charge is 0.192 e. The van der Waals surface area contributed by atoms with Gasteiger partial charge in [0, 0.05) is 35.3 Å². The maximum atomic E-state index is 7.40. The Bertz CT molecular complexity index is 995. The minimum atomic E-state index is -1.79. The fourth-order valence-electron chi connectivity index (χ4n) is 7.10. The van der Waals surface area contributed by atoms with E-state index in [0.717, 1.165) is 26.1 Å². The zero-order chi connectivity index (χ0) is 33.9. The van der Waals surface area contributed by atoms with Gasteiger partial charge in [0.15, 0.2) is 8.32 Å². The van der Waals surface area contributed by atoms with Crippen LogP contribution >= 0.6 is 0 Å². The highest BCUT2D eigenvalue weighted by Gasteiger charge is 2.44. The first kappa shape index (κ1) is 40.7. The molecule has 0 radical (unpaired) electrons. The number of ether oxygens (including phenoxy) is 2. The van der Waals surface area contributed by atoms with Crippen molar-refractivity contribution in [3.8, 4) is 0 Å². The lowest BCUT2D eigenvalue weighted by molar-refractivity contribution is 0.0179. The second-order valence-electron chi connectivity index (χ2n) is 17.1. The van der Waals surface area contributed by atoms with Crippen LogP contribution in [0.15, 0.2) is 23.8 Å². The maximum Gasteiger partial charge on any atom is 0.192 e. The highest BCUT2D eigenvalue weighted by atomic mass is 28.4. The summed E-state index contributed by atoms with van der Waals surface area (Å²) in [5.41, 5.74) is 7.04. The van der Waals surface area contributed by atoms with E-state index in [0.29, 0.717) is 25.0 Å². The molecule has 0 amide bonds. The van der Waals surface area contributed by atoms with Gasteiger partial charge in [-0.15, -0.1) is 0 Å². The topological polar surface area (TPSA) is 27.7 Å². The zero-order valence-electron chi connectivity index (χ0n) is 32.2.